The second-order valence-corrected chi connectivity index (χ2v) is 29.6. The number of carbonyl (C=O) groups excluding carboxylic acids is 1. The molecule has 0 aliphatic heterocycles. The van der Waals surface area contributed by atoms with Gasteiger partial charge in [-0.05, 0) is 19.3 Å². The Labute approximate surface area is 532 Å². The molecule has 0 aromatic heterocycles. The molecule has 1 amide bonds. The zero-order valence-corrected chi connectivity index (χ0v) is 59.3. The Balaban J connectivity index is 3.96. The molecule has 3 atom stereocenters. The molecule has 3 N–H and O–H groups in total. The SMILES string of the molecule is CCCCCCCCCCCCCCCCCCCCCCCCCCCCCC/C=C/C(O)C(COP(=O)(O)OCC[N+](C)(C)C)NC(=O)CCCCCCCCCCCCCCCCCCCCCCCCCCCCCCCCCCC. The summed E-state index contributed by atoms with van der Waals surface area (Å²) >= 11 is 0. The van der Waals surface area contributed by atoms with Gasteiger partial charge in [-0.2, -0.15) is 0 Å². The quantitative estimate of drug-likeness (QED) is 0.0243. The van der Waals surface area contributed by atoms with Crippen molar-refractivity contribution in [1.82, 2.24) is 5.32 Å². The van der Waals surface area contributed by atoms with Crippen LogP contribution in [0.2, 0.25) is 0 Å². The number of allylic oxidation sites excluding steroid dienone is 1. The van der Waals surface area contributed by atoms with E-state index in [9.17, 15) is 19.4 Å². The van der Waals surface area contributed by atoms with Crippen LogP contribution in [0.3, 0.4) is 0 Å². The smallest absolute Gasteiger partial charge is 0.387 e. The van der Waals surface area contributed by atoms with Crippen molar-refractivity contribution in [2.45, 2.75) is 431 Å². The molecule has 0 saturated carbocycles. The predicted molar refractivity (Wildman–Crippen MR) is 374 cm³/mol. The van der Waals surface area contributed by atoms with E-state index < -0.39 is 20.0 Å². The molecule has 0 aliphatic carbocycles. The molecule has 0 heterocycles. The van der Waals surface area contributed by atoms with Gasteiger partial charge in [-0.1, -0.05) is 405 Å². The summed E-state index contributed by atoms with van der Waals surface area (Å²) in [7, 11) is 1.60. The second kappa shape index (κ2) is 67.6. The lowest BCUT2D eigenvalue weighted by Gasteiger charge is -2.25. The summed E-state index contributed by atoms with van der Waals surface area (Å²) in [5.41, 5.74) is 0. The van der Waals surface area contributed by atoms with Gasteiger partial charge in [0.2, 0.25) is 5.91 Å². The van der Waals surface area contributed by atoms with Gasteiger partial charge in [0.15, 0.2) is 0 Å². The molecule has 9 heteroatoms. The maximum Gasteiger partial charge on any atom is 0.472 e. The molecular formula is C76H154N2O6P+. The van der Waals surface area contributed by atoms with Crippen molar-refractivity contribution in [2.75, 3.05) is 40.9 Å². The van der Waals surface area contributed by atoms with E-state index in [-0.39, 0.29) is 19.1 Å². The van der Waals surface area contributed by atoms with Gasteiger partial charge in [0.25, 0.3) is 0 Å². The zero-order valence-electron chi connectivity index (χ0n) is 58.4. The molecule has 0 rings (SSSR count). The molecule has 508 valence electrons. The van der Waals surface area contributed by atoms with Crippen LogP contribution in [0, 0.1) is 0 Å². The Morgan fingerprint density at radius 2 is 0.624 bits per heavy atom. The monoisotopic (exact) mass is 1220 g/mol. The Kier molecular flexibility index (Phi) is 67.0. The number of likely N-dealkylation sites (N-methyl/N-ethyl adjacent to an activating group) is 1. The maximum absolute atomic E-state index is 13.1. The molecule has 3 unspecified atom stereocenters. The number of carbonyl (C=O) groups is 1. The van der Waals surface area contributed by atoms with E-state index in [1.807, 2.05) is 27.2 Å². The van der Waals surface area contributed by atoms with Gasteiger partial charge >= 0.3 is 7.82 Å². The van der Waals surface area contributed by atoms with Gasteiger partial charge < -0.3 is 19.8 Å². The highest BCUT2D eigenvalue weighted by Crippen LogP contribution is 2.43. The van der Waals surface area contributed by atoms with Crippen LogP contribution >= 0.6 is 7.82 Å². The highest BCUT2D eigenvalue weighted by atomic mass is 31.2. The minimum Gasteiger partial charge on any atom is -0.387 e. The van der Waals surface area contributed by atoms with Crippen LogP contribution in [0.5, 0.6) is 0 Å². The van der Waals surface area contributed by atoms with Crippen molar-refractivity contribution in [1.29, 1.82) is 0 Å². The van der Waals surface area contributed by atoms with Crippen LogP contribution in [0.1, 0.15) is 418 Å². The zero-order chi connectivity index (χ0) is 61.9. The van der Waals surface area contributed by atoms with Gasteiger partial charge in [-0.25, -0.2) is 4.57 Å². The van der Waals surface area contributed by atoms with Crippen LogP contribution in [-0.4, -0.2) is 73.4 Å². The third-order valence-electron chi connectivity index (χ3n) is 18.3. The molecule has 0 saturated heterocycles. The lowest BCUT2D eigenvalue weighted by Crippen LogP contribution is -2.45. The van der Waals surface area contributed by atoms with Crippen molar-refractivity contribution in [3.05, 3.63) is 12.2 Å². The standard InChI is InChI=1S/C76H153N2O6P/c1-6-8-10-12-14-16-18-20-22-24-26-28-30-32-34-36-38-39-40-42-44-46-48-50-52-54-56-58-60-62-64-66-68-70-76(80)77-74(73-84-85(81,82)83-72-71-78(3,4)5)75(79)69-67-65-63-61-59-57-55-53-51-49-47-45-43-41-37-35-33-31-29-27-25-23-21-19-17-15-13-11-9-7-2/h67,69,74-75,79H,6-66,68,70-73H2,1-5H3,(H-,77,80,81,82)/p+1/b69-67+. The summed E-state index contributed by atoms with van der Waals surface area (Å²) in [4.78, 5) is 23.5. The number of phosphoric acid groups is 1. The van der Waals surface area contributed by atoms with Gasteiger partial charge in [-0.15, -0.1) is 0 Å². The maximum atomic E-state index is 13.1. The summed E-state index contributed by atoms with van der Waals surface area (Å²) in [5.74, 6) is -0.166. The third-order valence-corrected chi connectivity index (χ3v) is 19.2. The molecule has 0 spiro atoms. The Morgan fingerprint density at radius 3 is 0.871 bits per heavy atom. The van der Waals surface area contributed by atoms with Crippen LogP contribution in [0.25, 0.3) is 0 Å². The Morgan fingerprint density at radius 1 is 0.388 bits per heavy atom. The molecule has 0 fully saturated rings. The summed E-state index contributed by atoms with van der Waals surface area (Å²) < 4.78 is 23.9. The number of amides is 1. The number of aliphatic hydroxyl groups excluding tert-OH is 1. The summed E-state index contributed by atoms with van der Waals surface area (Å²) in [6, 6.07) is -0.844. The minimum absolute atomic E-state index is 0.0656. The molecule has 85 heavy (non-hydrogen) atoms. The average molecular weight is 1220 g/mol. The molecule has 0 aliphatic rings. The highest BCUT2D eigenvalue weighted by molar-refractivity contribution is 7.47. The van der Waals surface area contributed by atoms with Crippen molar-refractivity contribution in [3.8, 4) is 0 Å². The lowest BCUT2D eigenvalue weighted by atomic mass is 10.0. The van der Waals surface area contributed by atoms with E-state index in [0.29, 0.717) is 17.4 Å². The number of nitrogens with one attached hydrogen (secondary N) is 1. The molecule has 0 aromatic carbocycles. The number of hydrogen-bond donors (Lipinski definition) is 3. The van der Waals surface area contributed by atoms with Crippen LogP contribution < -0.4 is 5.32 Å². The number of nitrogens with zero attached hydrogens (tertiary/aromatic N) is 1. The number of hydrogen-bond acceptors (Lipinski definition) is 5. The largest absolute Gasteiger partial charge is 0.472 e. The lowest BCUT2D eigenvalue weighted by molar-refractivity contribution is -0.870. The van der Waals surface area contributed by atoms with E-state index in [2.05, 4.69) is 19.2 Å². The molecule has 0 aromatic rings. The first kappa shape index (κ1) is 84.2. The van der Waals surface area contributed by atoms with Gasteiger partial charge in [0.1, 0.15) is 13.2 Å². The van der Waals surface area contributed by atoms with E-state index in [4.69, 9.17) is 9.05 Å². The normalized spacial score (nSPS) is 13.5. The fourth-order valence-electron chi connectivity index (χ4n) is 12.3. The average Bonchev–Trinajstić information content (AvgIpc) is 3.52. The van der Waals surface area contributed by atoms with Crippen LogP contribution in [0.4, 0.5) is 0 Å². The number of aliphatic hydroxyl groups is 1. The molecule has 0 radical (unpaired) electrons. The number of rotatable bonds is 73. The number of quaternary nitrogens is 1. The van der Waals surface area contributed by atoms with E-state index in [0.717, 1.165) is 32.1 Å². The second-order valence-electron chi connectivity index (χ2n) is 28.1. The van der Waals surface area contributed by atoms with Crippen molar-refractivity contribution in [2.24, 2.45) is 0 Å². The summed E-state index contributed by atoms with van der Waals surface area (Å²) in [5, 5.41) is 14.1. The van der Waals surface area contributed by atoms with E-state index >= 15 is 0 Å². The Bertz CT molecular complexity index is 1390. The van der Waals surface area contributed by atoms with Crippen LogP contribution in [0.15, 0.2) is 12.2 Å². The first-order valence-corrected chi connectivity index (χ1v) is 40.1. The summed E-state index contributed by atoms with van der Waals surface area (Å²) in [6.07, 6.45) is 88.3. The fourth-order valence-corrected chi connectivity index (χ4v) is 13.0. The first-order valence-electron chi connectivity index (χ1n) is 38.6. The first-order chi connectivity index (χ1) is 41.5. The van der Waals surface area contributed by atoms with Crippen molar-refractivity contribution >= 4 is 13.7 Å². The number of phosphoric ester groups is 1. The van der Waals surface area contributed by atoms with Crippen molar-refractivity contribution < 1.29 is 32.9 Å². The highest BCUT2D eigenvalue weighted by Gasteiger charge is 2.28. The minimum atomic E-state index is -4.35. The Hall–Kier alpha value is -0.760. The van der Waals surface area contributed by atoms with E-state index in [1.54, 1.807) is 6.08 Å². The molecule has 0 bridgehead atoms. The third kappa shape index (κ3) is 70.6. The van der Waals surface area contributed by atoms with Gasteiger partial charge in [0.05, 0.1) is 39.9 Å². The summed E-state index contributed by atoms with van der Waals surface area (Å²) in [6.45, 7) is 4.90. The van der Waals surface area contributed by atoms with Crippen LogP contribution in [-0.2, 0) is 18.4 Å². The van der Waals surface area contributed by atoms with Gasteiger partial charge in [-0.3, -0.25) is 13.8 Å². The van der Waals surface area contributed by atoms with Crippen molar-refractivity contribution in [3.63, 3.8) is 0 Å². The topological polar surface area (TPSA) is 105 Å². The fraction of sp³-hybridized carbons (Fsp3) is 0.961. The number of unbranched alkanes of at least 4 members (excludes halogenated alkanes) is 60. The van der Waals surface area contributed by atoms with E-state index in [1.165, 1.54) is 366 Å². The predicted octanol–water partition coefficient (Wildman–Crippen LogP) is 24.8. The molecular weight excluding hydrogens is 1070 g/mol. The molecule has 8 nitrogen and oxygen atoms in total. The van der Waals surface area contributed by atoms with Gasteiger partial charge in [0, 0.05) is 6.42 Å².